The third kappa shape index (κ3) is 6.03. The molecular formula is C25H33ClN4O5. The molecule has 1 aromatic carbocycles. The summed E-state index contributed by atoms with van der Waals surface area (Å²) >= 11 is 6.32. The summed E-state index contributed by atoms with van der Waals surface area (Å²) in [6, 6.07) is 6.88. The molecule has 1 saturated carbocycles. The van der Waals surface area contributed by atoms with E-state index >= 15 is 0 Å². The number of likely N-dealkylation sites (tertiary alicyclic amines) is 1. The van der Waals surface area contributed by atoms with Gasteiger partial charge in [-0.2, -0.15) is 5.10 Å². The lowest BCUT2D eigenvalue weighted by molar-refractivity contribution is -0.131. The Morgan fingerprint density at radius 3 is 2.43 bits per heavy atom. The number of carbonyl (C=O) groups is 2. The second-order valence-electron chi connectivity index (χ2n) is 9.78. The van der Waals surface area contributed by atoms with Gasteiger partial charge in [-0.15, -0.1) is 0 Å². The SMILES string of the molecule is Cc1cc(-c2ccc(Cl)c(C(=O)NCC3(O)CCCCCC3)c2)nn1CC(=O)N1CC(O)C(O)C1. The number of carbonyl (C=O) groups excluding carboxylic acids is 2. The maximum absolute atomic E-state index is 12.9. The number of aryl methyl sites for hydroxylation is 1. The maximum atomic E-state index is 12.9. The van der Waals surface area contributed by atoms with Crippen molar-refractivity contribution in [2.24, 2.45) is 0 Å². The van der Waals surface area contributed by atoms with Crippen LogP contribution >= 0.6 is 11.6 Å². The standard InChI is InChI=1S/C25H33ClN4O5/c1-16-10-20(28-30(16)14-23(33)29-12-21(31)22(32)13-29)17-6-7-19(26)18(11-17)24(34)27-15-25(35)8-4-2-3-5-9-25/h6-7,10-11,21-22,31-32,35H,2-5,8-9,12-15H2,1H3,(H,27,34). The number of nitrogens with zero attached hydrogens (tertiary/aromatic N) is 3. The Balaban J connectivity index is 1.45. The number of aliphatic hydroxyl groups is 3. The van der Waals surface area contributed by atoms with Gasteiger partial charge < -0.3 is 25.5 Å². The number of hydrogen-bond acceptors (Lipinski definition) is 6. The minimum Gasteiger partial charge on any atom is -0.388 e. The van der Waals surface area contributed by atoms with Gasteiger partial charge in [0.1, 0.15) is 6.54 Å². The van der Waals surface area contributed by atoms with Gasteiger partial charge >= 0.3 is 0 Å². The molecule has 1 aromatic heterocycles. The molecule has 4 rings (SSSR count). The minimum atomic E-state index is -0.935. The van der Waals surface area contributed by atoms with Gasteiger partial charge in [-0.25, -0.2) is 0 Å². The van der Waals surface area contributed by atoms with Crippen LogP contribution in [0.4, 0.5) is 0 Å². The van der Waals surface area contributed by atoms with Crippen molar-refractivity contribution in [2.45, 2.75) is 69.8 Å². The monoisotopic (exact) mass is 504 g/mol. The van der Waals surface area contributed by atoms with E-state index in [-0.39, 0.29) is 38.0 Å². The first kappa shape index (κ1) is 25.6. The highest BCUT2D eigenvalue weighted by Crippen LogP contribution is 2.28. The molecule has 35 heavy (non-hydrogen) atoms. The van der Waals surface area contributed by atoms with E-state index in [2.05, 4.69) is 10.4 Å². The van der Waals surface area contributed by atoms with Crippen LogP contribution in [0.1, 0.15) is 54.6 Å². The summed E-state index contributed by atoms with van der Waals surface area (Å²) in [5.74, 6) is -0.599. The number of halogens is 1. The Bertz CT molecular complexity index is 1070. The Hall–Kier alpha value is -2.46. The average molecular weight is 505 g/mol. The van der Waals surface area contributed by atoms with Gasteiger partial charge in [0.2, 0.25) is 5.91 Å². The van der Waals surface area contributed by atoms with Crippen LogP contribution in [-0.2, 0) is 11.3 Å². The zero-order valence-electron chi connectivity index (χ0n) is 19.9. The lowest BCUT2D eigenvalue weighted by Gasteiger charge is -2.26. The van der Waals surface area contributed by atoms with Crippen molar-refractivity contribution < 1.29 is 24.9 Å². The van der Waals surface area contributed by atoms with E-state index in [9.17, 15) is 24.9 Å². The highest BCUT2D eigenvalue weighted by molar-refractivity contribution is 6.34. The van der Waals surface area contributed by atoms with Gasteiger partial charge in [0.15, 0.2) is 0 Å². The highest BCUT2D eigenvalue weighted by atomic mass is 35.5. The van der Waals surface area contributed by atoms with Gasteiger partial charge in [-0.1, -0.05) is 43.4 Å². The fraction of sp³-hybridized carbons (Fsp3) is 0.560. The number of benzene rings is 1. The molecule has 1 aliphatic carbocycles. The number of amides is 2. The highest BCUT2D eigenvalue weighted by Gasteiger charge is 2.33. The summed E-state index contributed by atoms with van der Waals surface area (Å²) in [7, 11) is 0. The van der Waals surface area contributed by atoms with Crippen LogP contribution in [0.3, 0.4) is 0 Å². The molecule has 0 radical (unpaired) electrons. The van der Waals surface area contributed by atoms with Crippen LogP contribution in [0.2, 0.25) is 5.02 Å². The fourth-order valence-corrected chi connectivity index (χ4v) is 4.98. The van der Waals surface area contributed by atoms with Crippen molar-refractivity contribution in [1.29, 1.82) is 0 Å². The van der Waals surface area contributed by atoms with Crippen LogP contribution < -0.4 is 5.32 Å². The first-order valence-corrected chi connectivity index (χ1v) is 12.5. The van der Waals surface area contributed by atoms with Crippen LogP contribution in [0, 0.1) is 6.92 Å². The molecule has 2 fully saturated rings. The molecule has 2 atom stereocenters. The molecule has 1 saturated heterocycles. The van der Waals surface area contributed by atoms with Crippen molar-refractivity contribution in [1.82, 2.24) is 20.0 Å². The topological polar surface area (TPSA) is 128 Å². The predicted octanol–water partition coefficient (Wildman–Crippen LogP) is 1.89. The molecule has 0 spiro atoms. The van der Waals surface area contributed by atoms with Crippen LogP contribution in [0.5, 0.6) is 0 Å². The quantitative estimate of drug-likeness (QED) is 0.445. The van der Waals surface area contributed by atoms with Crippen molar-refractivity contribution in [2.75, 3.05) is 19.6 Å². The summed E-state index contributed by atoms with van der Waals surface area (Å²) in [5.41, 5.74) is 1.42. The van der Waals surface area contributed by atoms with Crippen LogP contribution in [-0.4, -0.2) is 79.3 Å². The molecule has 0 bridgehead atoms. The van der Waals surface area contributed by atoms with Gasteiger partial charge in [-0.05, 0) is 38.0 Å². The van der Waals surface area contributed by atoms with E-state index in [0.717, 1.165) is 31.4 Å². The number of rotatable bonds is 6. The second kappa shape index (κ2) is 10.7. The van der Waals surface area contributed by atoms with E-state index in [4.69, 9.17) is 11.6 Å². The third-order valence-corrected chi connectivity index (χ3v) is 7.33. The van der Waals surface area contributed by atoms with E-state index in [1.54, 1.807) is 22.9 Å². The van der Waals surface area contributed by atoms with Crippen molar-refractivity contribution in [3.8, 4) is 11.3 Å². The molecule has 2 aliphatic rings. The lowest BCUT2D eigenvalue weighted by atomic mass is 9.94. The lowest BCUT2D eigenvalue weighted by Crippen LogP contribution is -2.42. The van der Waals surface area contributed by atoms with Gasteiger partial charge in [0, 0.05) is 30.9 Å². The molecular weight excluding hydrogens is 472 g/mol. The Kier molecular flexibility index (Phi) is 7.80. The van der Waals surface area contributed by atoms with Gasteiger partial charge in [0.05, 0.1) is 34.1 Å². The van der Waals surface area contributed by atoms with E-state index < -0.39 is 17.8 Å². The average Bonchev–Trinajstić information content (AvgIpc) is 3.26. The van der Waals surface area contributed by atoms with Crippen LogP contribution in [0.25, 0.3) is 11.3 Å². The number of nitrogens with one attached hydrogen (secondary N) is 1. The van der Waals surface area contributed by atoms with Crippen molar-refractivity contribution >= 4 is 23.4 Å². The molecule has 10 heteroatoms. The van der Waals surface area contributed by atoms with E-state index in [1.807, 2.05) is 13.0 Å². The molecule has 1 aliphatic heterocycles. The van der Waals surface area contributed by atoms with Crippen molar-refractivity contribution in [3.05, 3.63) is 40.5 Å². The molecule has 2 amide bonds. The molecule has 2 unspecified atom stereocenters. The zero-order valence-corrected chi connectivity index (χ0v) is 20.7. The number of aliphatic hydroxyl groups excluding tert-OH is 2. The second-order valence-corrected chi connectivity index (χ2v) is 10.2. The summed E-state index contributed by atoms with van der Waals surface area (Å²) in [6.07, 6.45) is 3.58. The van der Waals surface area contributed by atoms with E-state index in [0.29, 0.717) is 34.7 Å². The van der Waals surface area contributed by atoms with Gasteiger partial charge in [-0.3, -0.25) is 14.3 Å². The smallest absolute Gasteiger partial charge is 0.252 e. The molecule has 4 N–H and O–H groups in total. The molecule has 2 heterocycles. The molecule has 9 nitrogen and oxygen atoms in total. The normalized spacial score (nSPS) is 22.1. The predicted molar refractivity (Wildman–Crippen MR) is 131 cm³/mol. The Morgan fingerprint density at radius 2 is 1.77 bits per heavy atom. The Labute approximate surface area is 209 Å². The minimum absolute atomic E-state index is 0.0230. The number of aromatic nitrogens is 2. The van der Waals surface area contributed by atoms with E-state index in [1.165, 1.54) is 4.90 Å². The van der Waals surface area contributed by atoms with Gasteiger partial charge in [0.25, 0.3) is 5.91 Å². The maximum Gasteiger partial charge on any atom is 0.252 e. The Morgan fingerprint density at radius 1 is 1.11 bits per heavy atom. The number of hydrogen-bond donors (Lipinski definition) is 4. The molecule has 2 aromatic rings. The zero-order chi connectivity index (χ0) is 25.2. The summed E-state index contributed by atoms with van der Waals surface area (Å²) in [4.78, 5) is 26.9. The largest absolute Gasteiger partial charge is 0.388 e. The third-order valence-electron chi connectivity index (χ3n) is 7.00. The number of β-amino-alcohol motifs (C(OH)–C–C–N with tert-alkyl or cyclic N) is 2. The molecule has 190 valence electrons. The summed E-state index contributed by atoms with van der Waals surface area (Å²) in [6.45, 7) is 2.18. The van der Waals surface area contributed by atoms with Crippen molar-refractivity contribution in [3.63, 3.8) is 0 Å². The summed E-state index contributed by atoms with van der Waals surface area (Å²) < 4.78 is 1.56. The first-order valence-electron chi connectivity index (χ1n) is 12.1. The fourth-order valence-electron chi connectivity index (χ4n) is 4.77. The summed E-state index contributed by atoms with van der Waals surface area (Å²) in [5, 5.41) is 37.9. The first-order chi connectivity index (χ1) is 16.6. The van der Waals surface area contributed by atoms with Crippen LogP contribution in [0.15, 0.2) is 24.3 Å².